The van der Waals surface area contributed by atoms with E-state index in [2.05, 4.69) is 18.7 Å². The Labute approximate surface area is 112 Å². The molecular formula is C13H19ClN2O2. The Bertz CT molecular complexity index is 415. The Morgan fingerprint density at radius 3 is 2.78 bits per heavy atom. The lowest BCUT2D eigenvalue weighted by Crippen LogP contribution is -2.38. The highest BCUT2D eigenvalue weighted by molar-refractivity contribution is 6.29. The first-order chi connectivity index (χ1) is 8.65. The number of hydrogen-bond donors (Lipinski definition) is 0. The number of hydrogen-bond acceptors (Lipinski definition) is 3. The van der Waals surface area contributed by atoms with E-state index in [0.29, 0.717) is 11.8 Å². The monoisotopic (exact) mass is 270 g/mol. The average molecular weight is 271 g/mol. The zero-order valence-corrected chi connectivity index (χ0v) is 11.6. The summed E-state index contributed by atoms with van der Waals surface area (Å²) in [4.78, 5) is 16.4. The molecular weight excluding hydrogens is 252 g/mol. The molecule has 4 nitrogen and oxygen atoms in total. The molecule has 1 aromatic heterocycles. The zero-order valence-electron chi connectivity index (χ0n) is 10.9. The molecule has 1 aromatic rings. The topological polar surface area (TPSA) is 36.7 Å². The number of amides is 1. The van der Waals surface area contributed by atoms with Crippen LogP contribution in [0, 0.1) is 0 Å². The summed E-state index contributed by atoms with van der Waals surface area (Å²) in [5, 5.41) is 0.262. The van der Waals surface area contributed by atoms with Crippen molar-refractivity contribution in [1.29, 1.82) is 0 Å². The number of carbonyl (C=O) groups is 1. The Morgan fingerprint density at radius 1 is 1.50 bits per heavy atom. The van der Waals surface area contributed by atoms with Gasteiger partial charge in [0.05, 0.1) is 0 Å². The van der Waals surface area contributed by atoms with Crippen LogP contribution in [-0.2, 0) is 0 Å². The van der Waals surface area contributed by atoms with Crippen LogP contribution in [0.4, 0.5) is 0 Å². The number of likely N-dealkylation sites (tertiary alicyclic amines) is 1. The summed E-state index contributed by atoms with van der Waals surface area (Å²) < 4.78 is 5.17. The molecule has 1 unspecified atom stereocenters. The summed E-state index contributed by atoms with van der Waals surface area (Å²) in [6, 6.07) is 3.71. The smallest absolute Gasteiger partial charge is 0.289 e. The minimum absolute atomic E-state index is 0.0587. The second-order valence-corrected chi connectivity index (χ2v) is 4.89. The van der Waals surface area contributed by atoms with Gasteiger partial charge in [0.15, 0.2) is 11.0 Å². The highest BCUT2D eigenvalue weighted by Gasteiger charge is 2.30. The number of halogens is 1. The van der Waals surface area contributed by atoms with E-state index in [0.717, 1.165) is 32.6 Å². The van der Waals surface area contributed by atoms with Gasteiger partial charge in [-0.1, -0.05) is 13.8 Å². The van der Waals surface area contributed by atoms with Crippen molar-refractivity contribution in [1.82, 2.24) is 9.80 Å². The molecule has 1 atom stereocenters. The van der Waals surface area contributed by atoms with Crippen molar-refractivity contribution in [3.8, 4) is 0 Å². The molecule has 1 amide bonds. The molecule has 5 heteroatoms. The highest BCUT2D eigenvalue weighted by Crippen LogP contribution is 2.20. The van der Waals surface area contributed by atoms with E-state index in [1.807, 2.05) is 4.90 Å². The van der Waals surface area contributed by atoms with Crippen molar-refractivity contribution in [2.24, 2.45) is 0 Å². The minimum Gasteiger partial charge on any atom is -0.440 e. The SMILES string of the molecule is CCN(CC)C1CCN(C(=O)c2ccc(Cl)o2)C1. The van der Waals surface area contributed by atoms with Crippen LogP contribution in [0.25, 0.3) is 0 Å². The standard InChI is InChI=1S/C13H19ClN2O2/c1-3-15(4-2)10-7-8-16(9-10)13(17)11-5-6-12(14)18-11/h5-6,10H,3-4,7-9H2,1-2H3. The highest BCUT2D eigenvalue weighted by atomic mass is 35.5. The first-order valence-electron chi connectivity index (χ1n) is 6.44. The molecule has 18 heavy (non-hydrogen) atoms. The predicted octanol–water partition coefficient (Wildman–Crippen LogP) is 2.49. The van der Waals surface area contributed by atoms with E-state index in [1.54, 1.807) is 12.1 Å². The lowest BCUT2D eigenvalue weighted by atomic mass is 10.2. The molecule has 0 radical (unpaired) electrons. The fourth-order valence-corrected chi connectivity index (χ4v) is 2.70. The van der Waals surface area contributed by atoms with Crippen molar-refractivity contribution >= 4 is 17.5 Å². The molecule has 1 saturated heterocycles. The van der Waals surface area contributed by atoms with Gasteiger partial charge in [-0.2, -0.15) is 0 Å². The van der Waals surface area contributed by atoms with Gasteiger partial charge in [-0.05, 0) is 43.2 Å². The van der Waals surface area contributed by atoms with Gasteiger partial charge in [0, 0.05) is 19.1 Å². The third-order valence-corrected chi connectivity index (χ3v) is 3.77. The van der Waals surface area contributed by atoms with Crippen LogP contribution in [0.3, 0.4) is 0 Å². The fourth-order valence-electron chi connectivity index (χ4n) is 2.55. The van der Waals surface area contributed by atoms with Crippen LogP contribution in [0.5, 0.6) is 0 Å². The van der Waals surface area contributed by atoms with E-state index in [4.69, 9.17) is 16.0 Å². The molecule has 0 aliphatic carbocycles. The number of furan rings is 1. The maximum absolute atomic E-state index is 12.2. The number of nitrogens with zero attached hydrogens (tertiary/aromatic N) is 2. The summed E-state index contributed by atoms with van der Waals surface area (Å²) in [6.07, 6.45) is 1.03. The third kappa shape index (κ3) is 2.70. The van der Waals surface area contributed by atoms with Gasteiger partial charge in [-0.25, -0.2) is 0 Å². The molecule has 0 aromatic carbocycles. The normalized spacial score (nSPS) is 19.8. The number of rotatable bonds is 4. The number of carbonyl (C=O) groups excluding carboxylic acids is 1. The van der Waals surface area contributed by atoms with Crippen LogP contribution >= 0.6 is 11.6 Å². The van der Waals surface area contributed by atoms with E-state index in [1.165, 1.54) is 0 Å². The van der Waals surface area contributed by atoms with Gasteiger partial charge in [0.25, 0.3) is 5.91 Å². The second-order valence-electron chi connectivity index (χ2n) is 4.52. The van der Waals surface area contributed by atoms with Crippen LogP contribution < -0.4 is 0 Å². The van der Waals surface area contributed by atoms with E-state index >= 15 is 0 Å². The first kappa shape index (κ1) is 13.4. The van der Waals surface area contributed by atoms with Crippen LogP contribution in [0.1, 0.15) is 30.8 Å². The Morgan fingerprint density at radius 2 is 2.22 bits per heavy atom. The van der Waals surface area contributed by atoms with Crippen molar-refractivity contribution in [2.45, 2.75) is 26.3 Å². The summed E-state index contributed by atoms with van der Waals surface area (Å²) in [5.41, 5.74) is 0. The van der Waals surface area contributed by atoms with Gasteiger partial charge >= 0.3 is 0 Å². The minimum atomic E-state index is -0.0587. The van der Waals surface area contributed by atoms with Crippen LogP contribution in [0.15, 0.2) is 16.5 Å². The molecule has 0 saturated carbocycles. The summed E-state index contributed by atoms with van der Waals surface area (Å²) in [6.45, 7) is 7.92. The average Bonchev–Trinajstić information content (AvgIpc) is 2.99. The predicted molar refractivity (Wildman–Crippen MR) is 70.9 cm³/mol. The third-order valence-electron chi connectivity index (χ3n) is 3.56. The van der Waals surface area contributed by atoms with Gasteiger partial charge < -0.3 is 9.32 Å². The second kappa shape index (κ2) is 5.76. The van der Waals surface area contributed by atoms with Gasteiger partial charge in [0.2, 0.25) is 0 Å². The van der Waals surface area contributed by atoms with Crippen LogP contribution in [0.2, 0.25) is 5.22 Å². The summed E-state index contributed by atoms with van der Waals surface area (Å²) in [7, 11) is 0. The molecule has 0 bridgehead atoms. The molecule has 0 N–H and O–H groups in total. The molecule has 2 rings (SSSR count). The summed E-state index contributed by atoms with van der Waals surface area (Å²) >= 11 is 5.69. The maximum Gasteiger partial charge on any atom is 0.289 e. The van der Waals surface area contributed by atoms with E-state index in [9.17, 15) is 4.79 Å². The van der Waals surface area contributed by atoms with Crippen LogP contribution in [-0.4, -0.2) is 47.9 Å². The zero-order chi connectivity index (χ0) is 13.1. The van der Waals surface area contributed by atoms with Crippen molar-refractivity contribution < 1.29 is 9.21 Å². The van der Waals surface area contributed by atoms with Gasteiger partial charge in [0.1, 0.15) is 0 Å². The lowest BCUT2D eigenvalue weighted by molar-refractivity contribution is 0.0746. The molecule has 1 aliphatic rings. The molecule has 1 fully saturated rings. The molecule has 100 valence electrons. The van der Waals surface area contributed by atoms with E-state index < -0.39 is 0 Å². The van der Waals surface area contributed by atoms with Crippen molar-refractivity contribution in [3.63, 3.8) is 0 Å². The summed E-state index contributed by atoms with van der Waals surface area (Å²) in [5.74, 6) is 0.275. The Balaban J connectivity index is 1.98. The molecule has 2 heterocycles. The Kier molecular flexibility index (Phi) is 4.30. The van der Waals surface area contributed by atoms with Gasteiger partial charge in [-0.15, -0.1) is 0 Å². The molecule has 1 aliphatic heterocycles. The van der Waals surface area contributed by atoms with Gasteiger partial charge in [-0.3, -0.25) is 9.69 Å². The molecule has 0 spiro atoms. The first-order valence-corrected chi connectivity index (χ1v) is 6.82. The quantitative estimate of drug-likeness (QED) is 0.843. The van der Waals surface area contributed by atoms with E-state index in [-0.39, 0.29) is 11.1 Å². The fraction of sp³-hybridized carbons (Fsp3) is 0.615. The largest absolute Gasteiger partial charge is 0.440 e. The number of likely N-dealkylation sites (N-methyl/N-ethyl adjacent to an activating group) is 1. The van der Waals surface area contributed by atoms with Crippen molar-refractivity contribution in [2.75, 3.05) is 26.2 Å². The Hall–Kier alpha value is -1.00. The maximum atomic E-state index is 12.2. The lowest BCUT2D eigenvalue weighted by Gasteiger charge is -2.25. The van der Waals surface area contributed by atoms with Crippen molar-refractivity contribution in [3.05, 3.63) is 23.1 Å².